The lowest BCUT2D eigenvalue weighted by molar-refractivity contribution is 0.0199. The zero-order chi connectivity index (χ0) is 9.84. The van der Waals surface area contributed by atoms with E-state index >= 15 is 0 Å². The third-order valence-corrected chi connectivity index (χ3v) is 3.40. The largest absolute Gasteiger partial charge is 0.395 e. The third-order valence-electron chi connectivity index (χ3n) is 3.40. The molecule has 3 atom stereocenters. The van der Waals surface area contributed by atoms with Crippen LogP contribution in [0.1, 0.15) is 46.5 Å². The van der Waals surface area contributed by atoms with Crippen LogP contribution in [-0.2, 0) is 0 Å². The second kappa shape index (κ2) is 4.97. The van der Waals surface area contributed by atoms with Gasteiger partial charge in [0.2, 0.25) is 0 Å². The maximum absolute atomic E-state index is 9.28. The minimum Gasteiger partial charge on any atom is -0.395 e. The summed E-state index contributed by atoms with van der Waals surface area (Å²) in [5.74, 6) is 0. The number of likely N-dealkylation sites (tertiary alicyclic amines) is 1. The predicted octanol–water partition coefficient (Wildman–Crippen LogP) is 2.02. The highest BCUT2D eigenvalue weighted by molar-refractivity contribution is 4.84. The van der Waals surface area contributed by atoms with Crippen LogP contribution in [0.2, 0.25) is 0 Å². The molecule has 0 aromatic rings. The van der Waals surface area contributed by atoms with Crippen LogP contribution in [0.25, 0.3) is 0 Å². The van der Waals surface area contributed by atoms with Crippen LogP contribution in [0.3, 0.4) is 0 Å². The van der Waals surface area contributed by atoms with Gasteiger partial charge in [0.25, 0.3) is 0 Å². The highest BCUT2D eigenvalue weighted by Crippen LogP contribution is 2.25. The summed E-state index contributed by atoms with van der Waals surface area (Å²) in [6, 6.07) is 1.69. The van der Waals surface area contributed by atoms with Gasteiger partial charge in [-0.15, -0.1) is 0 Å². The molecule has 0 radical (unpaired) electrons. The maximum atomic E-state index is 9.28. The van der Waals surface area contributed by atoms with Gasteiger partial charge >= 0.3 is 0 Å². The molecule has 13 heavy (non-hydrogen) atoms. The Kier molecular flexibility index (Phi) is 4.20. The van der Waals surface area contributed by atoms with Crippen molar-refractivity contribution in [1.82, 2.24) is 4.90 Å². The summed E-state index contributed by atoms with van der Waals surface area (Å²) in [5, 5.41) is 9.28. The van der Waals surface area contributed by atoms with Gasteiger partial charge in [-0.1, -0.05) is 13.3 Å². The fraction of sp³-hybridized carbons (Fsp3) is 1.00. The van der Waals surface area contributed by atoms with Crippen molar-refractivity contribution in [3.63, 3.8) is 0 Å². The van der Waals surface area contributed by atoms with Gasteiger partial charge in [-0.3, -0.25) is 4.90 Å². The minimum absolute atomic E-state index is 0.328. The van der Waals surface area contributed by atoms with Gasteiger partial charge in [0.1, 0.15) is 0 Å². The summed E-state index contributed by atoms with van der Waals surface area (Å²) in [4.78, 5) is 2.50. The fourth-order valence-corrected chi connectivity index (χ4v) is 2.50. The topological polar surface area (TPSA) is 23.5 Å². The molecule has 0 aromatic heterocycles. The summed E-state index contributed by atoms with van der Waals surface area (Å²) in [6.45, 7) is 7.10. The van der Waals surface area contributed by atoms with Crippen LogP contribution in [0.15, 0.2) is 0 Å². The molecule has 0 amide bonds. The van der Waals surface area contributed by atoms with Gasteiger partial charge in [-0.05, 0) is 33.1 Å². The van der Waals surface area contributed by atoms with E-state index in [1.807, 2.05) is 0 Å². The first-order valence-electron chi connectivity index (χ1n) is 5.59. The molecular weight excluding hydrogens is 162 g/mol. The Morgan fingerprint density at radius 1 is 1.46 bits per heavy atom. The van der Waals surface area contributed by atoms with Crippen molar-refractivity contribution in [2.45, 2.75) is 64.6 Å². The Bertz CT molecular complexity index is 145. The van der Waals surface area contributed by atoms with E-state index in [2.05, 4.69) is 25.7 Å². The minimum atomic E-state index is 0.328. The Morgan fingerprint density at radius 2 is 2.15 bits per heavy atom. The summed E-state index contributed by atoms with van der Waals surface area (Å²) in [5.41, 5.74) is 0. The smallest absolute Gasteiger partial charge is 0.0587 e. The van der Waals surface area contributed by atoms with E-state index in [9.17, 15) is 5.11 Å². The SMILES string of the molecule is CCC(C)N1C(C)CCCC1CO. The zero-order valence-corrected chi connectivity index (χ0v) is 9.16. The summed E-state index contributed by atoms with van der Waals surface area (Å²) in [7, 11) is 0. The molecule has 0 aromatic carbocycles. The zero-order valence-electron chi connectivity index (χ0n) is 9.16. The monoisotopic (exact) mass is 185 g/mol. The molecule has 1 rings (SSSR count). The van der Waals surface area contributed by atoms with E-state index in [1.165, 1.54) is 25.7 Å². The van der Waals surface area contributed by atoms with Gasteiger partial charge in [-0.2, -0.15) is 0 Å². The van der Waals surface area contributed by atoms with Crippen LogP contribution in [-0.4, -0.2) is 34.7 Å². The molecule has 0 saturated carbocycles. The first-order chi connectivity index (χ1) is 6.20. The normalized spacial score (nSPS) is 33.2. The van der Waals surface area contributed by atoms with Crippen LogP contribution in [0.4, 0.5) is 0 Å². The van der Waals surface area contributed by atoms with Gasteiger partial charge in [0.05, 0.1) is 6.61 Å². The van der Waals surface area contributed by atoms with Gasteiger partial charge in [0.15, 0.2) is 0 Å². The number of hydrogen-bond donors (Lipinski definition) is 1. The van der Waals surface area contributed by atoms with Gasteiger partial charge in [0, 0.05) is 18.1 Å². The lowest BCUT2D eigenvalue weighted by Crippen LogP contribution is -2.51. The molecule has 2 nitrogen and oxygen atoms in total. The molecule has 0 spiro atoms. The van der Waals surface area contributed by atoms with Crippen molar-refractivity contribution in [3.8, 4) is 0 Å². The fourth-order valence-electron chi connectivity index (χ4n) is 2.50. The molecule has 2 heteroatoms. The highest BCUT2D eigenvalue weighted by atomic mass is 16.3. The van der Waals surface area contributed by atoms with Gasteiger partial charge in [-0.25, -0.2) is 0 Å². The van der Waals surface area contributed by atoms with Crippen molar-refractivity contribution in [1.29, 1.82) is 0 Å². The Hall–Kier alpha value is -0.0800. The first kappa shape index (κ1) is 11.0. The third kappa shape index (κ3) is 2.44. The molecule has 0 bridgehead atoms. The molecule has 3 unspecified atom stereocenters. The van der Waals surface area contributed by atoms with Crippen molar-refractivity contribution >= 4 is 0 Å². The Balaban J connectivity index is 2.61. The van der Waals surface area contributed by atoms with Crippen LogP contribution < -0.4 is 0 Å². The van der Waals surface area contributed by atoms with Gasteiger partial charge < -0.3 is 5.11 Å². The quantitative estimate of drug-likeness (QED) is 0.727. The summed E-state index contributed by atoms with van der Waals surface area (Å²) >= 11 is 0. The Labute approximate surface area is 81.9 Å². The first-order valence-corrected chi connectivity index (χ1v) is 5.59. The molecule has 1 fully saturated rings. The molecular formula is C11H23NO. The Morgan fingerprint density at radius 3 is 2.69 bits per heavy atom. The van der Waals surface area contributed by atoms with Crippen molar-refractivity contribution in [2.75, 3.05) is 6.61 Å². The molecule has 1 heterocycles. The lowest BCUT2D eigenvalue weighted by Gasteiger charge is -2.43. The average molecular weight is 185 g/mol. The second-order valence-electron chi connectivity index (χ2n) is 4.32. The van der Waals surface area contributed by atoms with Crippen molar-refractivity contribution < 1.29 is 5.11 Å². The summed E-state index contributed by atoms with van der Waals surface area (Å²) < 4.78 is 0. The van der Waals surface area contributed by atoms with Crippen LogP contribution >= 0.6 is 0 Å². The average Bonchev–Trinajstić information content (AvgIpc) is 2.16. The van der Waals surface area contributed by atoms with E-state index in [-0.39, 0.29) is 0 Å². The van der Waals surface area contributed by atoms with E-state index in [1.54, 1.807) is 0 Å². The van der Waals surface area contributed by atoms with Crippen molar-refractivity contribution in [3.05, 3.63) is 0 Å². The van der Waals surface area contributed by atoms with E-state index in [0.29, 0.717) is 24.7 Å². The number of aliphatic hydroxyl groups is 1. The maximum Gasteiger partial charge on any atom is 0.0587 e. The molecule has 78 valence electrons. The molecule has 1 aliphatic rings. The molecule has 0 aliphatic carbocycles. The summed E-state index contributed by atoms with van der Waals surface area (Å²) in [6.07, 6.45) is 4.92. The van der Waals surface area contributed by atoms with E-state index < -0.39 is 0 Å². The van der Waals surface area contributed by atoms with E-state index in [0.717, 1.165) is 0 Å². The highest BCUT2D eigenvalue weighted by Gasteiger charge is 2.29. The standard InChI is InChI=1S/C11H23NO/c1-4-9(2)12-10(3)6-5-7-11(12)8-13/h9-11,13H,4-8H2,1-3H3. The molecule has 1 saturated heterocycles. The molecule has 1 N–H and O–H groups in total. The number of aliphatic hydroxyl groups excluding tert-OH is 1. The number of nitrogens with zero attached hydrogens (tertiary/aromatic N) is 1. The van der Waals surface area contributed by atoms with Crippen LogP contribution in [0.5, 0.6) is 0 Å². The number of piperidine rings is 1. The number of rotatable bonds is 3. The number of hydrogen-bond acceptors (Lipinski definition) is 2. The lowest BCUT2D eigenvalue weighted by atomic mass is 9.94. The predicted molar refractivity (Wildman–Crippen MR) is 55.8 cm³/mol. The molecule has 1 aliphatic heterocycles. The van der Waals surface area contributed by atoms with Crippen LogP contribution in [0, 0.1) is 0 Å². The second-order valence-corrected chi connectivity index (χ2v) is 4.32. The van der Waals surface area contributed by atoms with E-state index in [4.69, 9.17) is 0 Å². The van der Waals surface area contributed by atoms with Crippen molar-refractivity contribution in [2.24, 2.45) is 0 Å².